The minimum Gasteiger partial charge on any atom is -0.478 e. The Balaban J connectivity index is 1.31. The van der Waals surface area contributed by atoms with Crippen LogP contribution in [-0.2, 0) is 29.0 Å². The third kappa shape index (κ3) is 5.59. The predicted octanol–water partition coefficient (Wildman–Crippen LogP) is 5.52. The zero-order valence-electron chi connectivity index (χ0n) is 19.5. The number of hydrogen-bond donors (Lipinski definition) is 0. The predicted molar refractivity (Wildman–Crippen MR) is 128 cm³/mol. The van der Waals surface area contributed by atoms with E-state index in [1.807, 2.05) is 50.3 Å². The lowest BCUT2D eigenvalue weighted by molar-refractivity contribution is 0.0467. The van der Waals surface area contributed by atoms with Crippen molar-refractivity contribution in [1.82, 2.24) is 9.80 Å². The zero-order valence-corrected chi connectivity index (χ0v) is 19.5. The van der Waals surface area contributed by atoms with E-state index in [1.165, 1.54) is 5.57 Å². The molecule has 1 fully saturated rings. The lowest BCUT2D eigenvalue weighted by atomic mass is 10.1. The van der Waals surface area contributed by atoms with Crippen molar-refractivity contribution in [2.24, 2.45) is 0 Å². The summed E-state index contributed by atoms with van der Waals surface area (Å²) in [6.45, 7) is 15.8. The van der Waals surface area contributed by atoms with Crippen molar-refractivity contribution >= 4 is 0 Å². The van der Waals surface area contributed by atoms with Gasteiger partial charge in [-0.2, -0.15) is 0 Å². The van der Waals surface area contributed by atoms with Crippen LogP contribution in [0.2, 0.25) is 0 Å². The zero-order chi connectivity index (χ0) is 23.2. The molecule has 4 heterocycles. The first-order valence-corrected chi connectivity index (χ1v) is 11.3. The quantitative estimate of drug-likeness (QED) is 0.530. The second-order valence-corrected chi connectivity index (χ2v) is 8.20. The molecule has 0 aliphatic carbocycles. The van der Waals surface area contributed by atoms with E-state index < -0.39 is 0 Å². The van der Waals surface area contributed by atoms with Gasteiger partial charge in [0.15, 0.2) is 0 Å². The number of nitrogens with zero attached hydrogens (tertiary/aromatic N) is 2. The van der Waals surface area contributed by atoms with Crippen molar-refractivity contribution in [3.05, 3.63) is 107 Å². The molecule has 2 aromatic heterocycles. The van der Waals surface area contributed by atoms with Crippen LogP contribution in [-0.4, -0.2) is 36.4 Å². The van der Waals surface area contributed by atoms with Gasteiger partial charge in [-0.3, -0.25) is 9.80 Å². The molecule has 4 rings (SSSR count). The first-order valence-electron chi connectivity index (χ1n) is 11.3. The summed E-state index contributed by atoms with van der Waals surface area (Å²) < 4.78 is 23.7. The number of ether oxygens (including phenoxy) is 2. The van der Waals surface area contributed by atoms with Gasteiger partial charge in [0.05, 0.1) is 19.5 Å². The summed E-state index contributed by atoms with van der Waals surface area (Å²) >= 11 is 0. The van der Waals surface area contributed by atoms with Crippen LogP contribution in [0.1, 0.15) is 36.9 Å². The largest absolute Gasteiger partial charge is 0.478 e. The van der Waals surface area contributed by atoms with Gasteiger partial charge in [0.2, 0.25) is 0 Å². The molecule has 6 heteroatoms. The summed E-state index contributed by atoms with van der Waals surface area (Å²) in [6.07, 6.45) is 8.29. The van der Waals surface area contributed by atoms with Crippen LogP contribution in [0.3, 0.4) is 0 Å². The number of furan rings is 2. The van der Waals surface area contributed by atoms with Gasteiger partial charge in [0.25, 0.3) is 0 Å². The van der Waals surface area contributed by atoms with Crippen LogP contribution in [0.4, 0.5) is 0 Å². The average molecular weight is 449 g/mol. The summed E-state index contributed by atoms with van der Waals surface area (Å²) in [7, 11) is 0. The molecule has 0 radical (unpaired) electrons. The summed E-state index contributed by atoms with van der Waals surface area (Å²) in [5, 5.41) is 0. The minimum absolute atomic E-state index is 0.501. The molecule has 0 atom stereocenters. The number of hydrogen-bond acceptors (Lipinski definition) is 6. The maximum atomic E-state index is 6.08. The molecule has 1 saturated heterocycles. The van der Waals surface area contributed by atoms with Crippen molar-refractivity contribution in [3.63, 3.8) is 0 Å². The first-order chi connectivity index (χ1) is 16.1. The number of rotatable bonds is 8. The van der Waals surface area contributed by atoms with Gasteiger partial charge in [-0.15, -0.1) is 0 Å². The Kier molecular flexibility index (Phi) is 7.37. The molecular weight excluding hydrogens is 416 g/mol. The summed E-state index contributed by atoms with van der Waals surface area (Å²) in [5.74, 6) is 5.36. The smallest absolute Gasteiger partial charge is 0.142 e. The molecule has 0 amide bonds. The van der Waals surface area contributed by atoms with Crippen molar-refractivity contribution in [2.45, 2.75) is 33.4 Å². The lowest BCUT2D eigenvalue weighted by Crippen LogP contribution is -2.33. The fourth-order valence-corrected chi connectivity index (χ4v) is 4.11. The fraction of sp³-hybridized carbons (Fsp3) is 0.333. The molecule has 2 aliphatic heterocycles. The molecule has 0 unspecified atom stereocenters. The minimum atomic E-state index is 0.501. The summed E-state index contributed by atoms with van der Waals surface area (Å²) in [5.41, 5.74) is 2.24. The van der Waals surface area contributed by atoms with Crippen LogP contribution in [0.5, 0.6) is 0 Å². The maximum absolute atomic E-state index is 6.08. The van der Waals surface area contributed by atoms with E-state index in [9.17, 15) is 0 Å². The van der Waals surface area contributed by atoms with Crippen molar-refractivity contribution in [3.8, 4) is 0 Å². The highest BCUT2D eigenvalue weighted by atomic mass is 16.5. The highest BCUT2D eigenvalue weighted by Gasteiger charge is 2.21. The molecule has 6 nitrogen and oxygen atoms in total. The molecule has 2 aliphatic rings. The Morgan fingerprint density at radius 1 is 0.788 bits per heavy atom. The third-order valence-corrected chi connectivity index (χ3v) is 5.81. The van der Waals surface area contributed by atoms with E-state index >= 15 is 0 Å². The van der Waals surface area contributed by atoms with Crippen LogP contribution in [0, 0.1) is 0 Å². The molecule has 0 aromatic carbocycles. The SMILES string of the molecule is C=CC1=C(C=C)OCN(Cc2ccc(Cc3ccc(CN4COC(=C/C)/C(=C\C)C4)o3)o2)C1. The van der Waals surface area contributed by atoms with Crippen molar-refractivity contribution in [2.75, 3.05) is 26.6 Å². The van der Waals surface area contributed by atoms with Gasteiger partial charge in [-0.1, -0.05) is 25.3 Å². The van der Waals surface area contributed by atoms with Crippen molar-refractivity contribution < 1.29 is 18.3 Å². The highest BCUT2D eigenvalue weighted by molar-refractivity contribution is 5.30. The highest BCUT2D eigenvalue weighted by Crippen LogP contribution is 2.24. The van der Waals surface area contributed by atoms with E-state index in [1.54, 1.807) is 6.08 Å². The monoisotopic (exact) mass is 448 g/mol. The van der Waals surface area contributed by atoms with Gasteiger partial charge in [-0.05, 0) is 50.3 Å². The molecule has 0 saturated carbocycles. The summed E-state index contributed by atoms with van der Waals surface area (Å²) in [6, 6.07) is 8.08. The second-order valence-electron chi connectivity index (χ2n) is 8.20. The van der Waals surface area contributed by atoms with Crippen LogP contribution < -0.4 is 0 Å². The van der Waals surface area contributed by atoms with Crippen LogP contribution in [0.15, 0.2) is 93.2 Å². The first kappa shape index (κ1) is 23.0. The van der Waals surface area contributed by atoms with E-state index in [4.69, 9.17) is 18.3 Å². The third-order valence-electron chi connectivity index (χ3n) is 5.81. The van der Waals surface area contributed by atoms with Crippen LogP contribution in [0.25, 0.3) is 0 Å². The molecule has 0 spiro atoms. The Hall–Kier alpha value is -3.22. The number of allylic oxidation sites excluding steroid dienone is 3. The van der Waals surface area contributed by atoms with Crippen molar-refractivity contribution in [1.29, 1.82) is 0 Å². The molecule has 2 aromatic rings. The van der Waals surface area contributed by atoms with Gasteiger partial charge < -0.3 is 18.3 Å². The Labute approximate surface area is 195 Å². The average Bonchev–Trinajstić information content (AvgIpc) is 3.48. The van der Waals surface area contributed by atoms with E-state index in [0.717, 1.165) is 53.2 Å². The topological polar surface area (TPSA) is 51.2 Å². The van der Waals surface area contributed by atoms with E-state index in [2.05, 4.69) is 29.0 Å². The maximum Gasteiger partial charge on any atom is 0.142 e. The normalized spacial score (nSPS) is 20.2. The second kappa shape index (κ2) is 10.6. The fourth-order valence-electron chi connectivity index (χ4n) is 4.11. The lowest BCUT2D eigenvalue weighted by Gasteiger charge is -2.30. The summed E-state index contributed by atoms with van der Waals surface area (Å²) in [4.78, 5) is 4.39. The van der Waals surface area contributed by atoms with Gasteiger partial charge in [-0.25, -0.2) is 0 Å². The Bertz CT molecular complexity index is 1090. The molecular formula is C27H32N2O4. The molecule has 33 heavy (non-hydrogen) atoms. The molecule has 0 bridgehead atoms. The van der Waals surface area contributed by atoms with E-state index in [0.29, 0.717) is 33.0 Å². The molecule has 174 valence electrons. The standard InChI is InChI=1S/C27H32N2O4/c1-5-20-14-28(18-30-26(20)7-3)16-24-11-9-22(32-24)13-23-10-12-25(33-23)17-29-15-21(6-2)27(8-4)31-19-29/h5-12H,1,3,13-19H2,2,4H3/b21-6-,27-8+. The van der Waals surface area contributed by atoms with Gasteiger partial charge in [0.1, 0.15) is 48.0 Å². The van der Waals surface area contributed by atoms with Gasteiger partial charge in [0, 0.05) is 24.2 Å². The Morgan fingerprint density at radius 3 is 1.97 bits per heavy atom. The van der Waals surface area contributed by atoms with E-state index in [-0.39, 0.29) is 0 Å². The Morgan fingerprint density at radius 2 is 1.39 bits per heavy atom. The molecule has 0 N–H and O–H groups in total. The van der Waals surface area contributed by atoms with Crippen LogP contribution >= 0.6 is 0 Å². The van der Waals surface area contributed by atoms with Gasteiger partial charge >= 0.3 is 0 Å².